The Kier molecular flexibility index (Phi) is 7.81. The molecule has 2 aromatic rings. The second-order valence-electron chi connectivity index (χ2n) is 7.54. The second-order valence-corrected chi connectivity index (χ2v) is 11.2. The van der Waals surface area contributed by atoms with E-state index in [4.69, 9.17) is 11.6 Å². The molecule has 2 aromatic carbocycles. The Balaban J connectivity index is 1.54. The standard InChI is InChI=1S/C21H23ClFN3O4S2/c1-12(2)13-3-6-15(7-4-13)32(29,30)18-10-24-21(26-20(18)28)31-11-19(27)25-14-5-8-17(23)16(22)9-14/h3-9,12,18,21,24H,10-11H2,1-2H3,(H,25,27)(H,26,28). The first kappa shape index (κ1) is 24.5. The van der Waals surface area contributed by atoms with Gasteiger partial charge in [0, 0.05) is 12.2 Å². The number of hydrogen-bond acceptors (Lipinski definition) is 6. The molecule has 1 aliphatic rings. The maximum absolute atomic E-state index is 13.2. The average Bonchev–Trinajstić information content (AvgIpc) is 2.75. The van der Waals surface area contributed by atoms with Crippen molar-refractivity contribution in [1.82, 2.24) is 10.6 Å². The van der Waals surface area contributed by atoms with Gasteiger partial charge in [-0.05, 0) is 41.8 Å². The third-order valence-corrected chi connectivity index (χ3v) is 8.28. The molecule has 0 spiro atoms. The van der Waals surface area contributed by atoms with E-state index in [0.717, 1.165) is 23.4 Å². The highest BCUT2D eigenvalue weighted by Crippen LogP contribution is 2.23. The quantitative estimate of drug-likeness (QED) is 0.540. The van der Waals surface area contributed by atoms with Gasteiger partial charge < -0.3 is 10.6 Å². The maximum atomic E-state index is 13.2. The maximum Gasteiger partial charge on any atom is 0.241 e. The van der Waals surface area contributed by atoms with Gasteiger partial charge in [0.2, 0.25) is 11.8 Å². The minimum absolute atomic E-state index is 0.0268. The molecule has 7 nitrogen and oxygen atoms in total. The van der Waals surface area contributed by atoms with Crippen molar-refractivity contribution in [1.29, 1.82) is 0 Å². The molecular weight excluding hydrogens is 477 g/mol. The van der Waals surface area contributed by atoms with Gasteiger partial charge in [-0.1, -0.05) is 37.6 Å². The molecule has 172 valence electrons. The van der Waals surface area contributed by atoms with Gasteiger partial charge in [0.25, 0.3) is 0 Å². The van der Waals surface area contributed by atoms with Gasteiger partial charge in [-0.25, -0.2) is 12.8 Å². The highest BCUT2D eigenvalue weighted by atomic mass is 35.5. The van der Waals surface area contributed by atoms with Crippen molar-refractivity contribution < 1.29 is 22.4 Å². The van der Waals surface area contributed by atoms with Crippen molar-refractivity contribution >= 4 is 50.7 Å². The molecule has 11 heteroatoms. The van der Waals surface area contributed by atoms with Crippen molar-refractivity contribution in [2.24, 2.45) is 0 Å². The highest BCUT2D eigenvalue weighted by Gasteiger charge is 2.38. The van der Waals surface area contributed by atoms with E-state index in [2.05, 4.69) is 16.0 Å². The van der Waals surface area contributed by atoms with E-state index >= 15 is 0 Å². The number of carbonyl (C=O) groups is 2. The molecule has 0 aliphatic carbocycles. The number of thioether (sulfide) groups is 1. The molecule has 32 heavy (non-hydrogen) atoms. The van der Waals surface area contributed by atoms with Gasteiger partial charge in [-0.3, -0.25) is 14.9 Å². The first-order valence-corrected chi connectivity index (χ1v) is 12.8. The smallest absolute Gasteiger partial charge is 0.241 e. The Labute approximate surface area is 195 Å². The minimum Gasteiger partial charge on any atom is -0.331 e. The van der Waals surface area contributed by atoms with Gasteiger partial charge in [-0.15, -0.1) is 11.8 Å². The zero-order chi connectivity index (χ0) is 23.5. The molecule has 3 rings (SSSR count). The van der Waals surface area contributed by atoms with Crippen molar-refractivity contribution in [2.45, 2.75) is 35.4 Å². The fourth-order valence-electron chi connectivity index (χ4n) is 3.07. The SMILES string of the molecule is CC(C)c1ccc(S(=O)(=O)C2CNC(SCC(=O)Nc3ccc(F)c(Cl)c3)NC2=O)cc1. The Bertz CT molecular complexity index is 1110. The summed E-state index contributed by atoms with van der Waals surface area (Å²) in [7, 11) is -3.86. The van der Waals surface area contributed by atoms with Crippen LogP contribution in [0.15, 0.2) is 47.4 Å². The largest absolute Gasteiger partial charge is 0.331 e. The molecular formula is C21H23ClFN3O4S2. The van der Waals surface area contributed by atoms with Crippen molar-refractivity contribution in [3.63, 3.8) is 0 Å². The van der Waals surface area contributed by atoms with E-state index < -0.39 is 32.3 Å². The second kappa shape index (κ2) is 10.2. The fourth-order valence-corrected chi connectivity index (χ4v) is 5.56. The van der Waals surface area contributed by atoms with Crippen molar-refractivity contribution in [3.05, 3.63) is 58.9 Å². The van der Waals surface area contributed by atoms with Gasteiger partial charge in [0.1, 0.15) is 11.3 Å². The molecule has 2 unspecified atom stereocenters. The average molecular weight is 500 g/mol. The number of nitrogens with one attached hydrogen (secondary N) is 3. The number of amides is 2. The van der Waals surface area contributed by atoms with Crippen LogP contribution < -0.4 is 16.0 Å². The Hall–Kier alpha value is -2.14. The molecule has 2 atom stereocenters. The van der Waals surface area contributed by atoms with E-state index in [1.165, 1.54) is 24.3 Å². The zero-order valence-electron chi connectivity index (χ0n) is 17.4. The van der Waals surface area contributed by atoms with Crippen LogP contribution in [-0.2, 0) is 19.4 Å². The predicted molar refractivity (Wildman–Crippen MR) is 124 cm³/mol. The Morgan fingerprint density at radius 2 is 1.94 bits per heavy atom. The topological polar surface area (TPSA) is 104 Å². The lowest BCUT2D eigenvalue weighted by Crippen LogP contribution is -2.59. The number of sulfone groups is 1. The molecule has 0 bridgehead atoms. The number of anilines is 1. The molecule has 3 N–H and O–H groups in total. The van der Waals surface area contributed by atoms with Crippen LogP contribution in [0.3, 0.4) is 0 Å². The third-order valence-electron chi connectivity index (χ3n) is 4.89. The minimum atomic E-state index is -3.86. The summed E-state index contributed by atoms with van der Waals surface area (Å²) in [4.78, 5) is 24.7. The number of rotatable bonds is 7. The van der Waals surface area contributed by atoms with Crippen molar-refractivity contribution in [2.75, 3.05) is 17.6 Å². The summed E-state index contributed by atoms with van der Waals surface area (Å²) in [6.07, 6.45) is 0. The summed E-state index contributed by atoms with van der Waals surface area (Å²) in [5.41, 5.74) is 0.727. The van der Waals surface area contributed by atoms with Crippen LogP contribution in [0.1, 0.15) is 25.3 Å². The lowest BCUT2D eigenvalue weighted by molar-refractivity contribution is -0.122. The monoisotopic (exact) mass is 499 g/mol. The molecule has 1 heterocycles. The van der Waals surface area contributed by atoms with Crippen molar-refractivity contribution in [3.8, 4) is 0 Å². The van der Waals surface area contributed by atoms with E-state index in [1.54, 1.807) is 12.1 Å². The lowest BCUT2D eigenvalue weighted by atomic mass is 10.0. The van der Waals surface area contributed by atoms with E-state index in [0.29, 0.717) is 5.69 Å². The van der Waals surface area contributed by atoms with E-state index in [1.807, 2.05) is 13.8 Å². The number of carbonyl (C=O) groups excluding carboxylic acids is 2. The van der Waals surface area contributed by atoms with Crippen LogP contribution in [0, 0.1) is 5.82 Å². The molecule has 0 aromatic heterocycles. The van der Waals surface area contributed by atoms with Crippen LogP contribution in [0.2, 0.25) is 5.02 Å². The third kappa shape index (κ3) is 5.80. The molecule has 0 saturated carbocycles. The van der Waals surface area contributed by atoms with Gasteiger partial charge in [-0.2, -0.15) is 0 Å². The van der Waals surface area contributed by atoms with E-state index in [-0.39, 0.29) is 34.0 Å². The van der Waals surface area contributed by atoms with Crippen LogP contribution in [0.5, 0.6) is 0 Å². The number of benzene rings is 2. The summed E-state index contributed by atoms with van der Waals surface area (Å²) in [5, 5.41) is 6.74. The van der Waals surface area contributed by atoms with Crippen LogP contribution in [-0.4, -0.2) is 43.3 Å². The zero-order valence-corrected chi connectivity index (χ0v) is 19.8. The summed E-state index contributed by atoms with van der Waals surface area (Å²) >= 11 is 6.78. The highest BCUT2D eigenvalue weighted by molar-refractivity contribution is 8.00. The first-order valence-electron chi connectivity index (χ1n) is 9.82. The molecule has 1 saturated heterocycles. The first-order chi connectivity index (χ1) is 15.1. The lowest BCUT2D eigenvalue weighted by Gasteiger charge is -2.29. The molecule has 0 radical (unpaired) electrons. The van der Waals surface area contributed by atoms with Gasteiger partial charge >= 0.3 is 0 Å². The fraction of sp³-hybridized carbons (Fsp3) is 0.333. The molecule has 1 fully saturated rings. The Morgan fingerprint density at radius 3 is 2.53 bits per heavy atom. The van der Waals surface area contributed by atoms with Crippen LogP contribution in [0.25, 0.3) is 0 Å². The summed E-state index contributed by atoms with van der Waals surface area (Å²) in [6, 6.07) is 10.4. The van der Waals surface area contributed by atoms with Crippen LogP contribution in [0.4, 0.5) is 10.1 Å². The Morgan fingerprint density at radius 1 is 1.25 bits per heavy atom. The number of hydrogen-bond donors (Lipinski definition) is 3. The normalized spacial score (nSPS) is 19.0. The number of halogens is 2. The molecule has 1 aliphatic heterocycles. The molecule has 2 amide bonds. The van der Waals surface area contributed by atoms with E-state index in [9.17, 15) is 22.4 Å². The van der Waals surface area contributed by atoms with Gasteiger partial charge in [0.15, 0.2) is 15.1 Å². The van der Waals surface area contributed by atoms with Gasteiger partial charge in [0.05, 0.1) is 15.7 Å². The predicted octanol–water partition coefficient (Wildman–Crippen LogP) is 3.12. The summed E-state index contributed by atoms with van der Waals surface area (Å²) in [5.74, 6) is -1.36. The summed E-state index contributed by atoms with van der Waals surface area (Å²) < 4.78 is 39.0. The van der Waals surface area contributed by atoms with Crippen LogP contribution >= 0.6 is 23.4 Å². The summed E-state index contributed by atoms with van der Waals surface area (Å²) in [6.45, 7) is 3.94.